The summed E-state index contributed by atoms with van der Waals surface area (Å²) in [6.45, 7) is 0. The molecule has 3 rings (SSSR count). The fourth-order valence-electron chi connectivity index (χ4n) is 1.87. The number of anilines is 1. The molecule has 0 aliphatic heterocycles. The summed E-state index contributed by atoms with van der Waals surface area (Å²) in [6, 6.07) is 4.49. The summed E-state index contributed by atoms with van der Waals surface area (Å²) < 4.78 is 27.1. The number of carbonyl (C=O) groups is 1. The van der Waals surface area contributed by atoms with Gasteiger partial charge >= 0.3 is 0 Å². The fourth-order valence-corrected chi connectivity index (χ4v) is 3.47. The molecule has 1 amide bonds. The molecule has 0 saturated heterocycles. The average Bonchev–Trinajstić information content (AvgIpc) is 3.15. The van der Waals surface area contributed by atoms with Crippen molar-refractivity contribution in [2.45, 2.75) is 0 Å². The quantitative estimate of drug-likeness (QED) is 0.550. The van der Waals surface area contributed by atoms with Gasteiger partial charge in [0.15, 0.2) is 5.13 Å². The molecule has 10 heteroatoms. The highest BCUT2D eigenvalue weighted by atomic mass is 32.1. The molecule has 0 saturated carbocycles. The van der Waals surface area contributed by atoms with Crippen molar-refractivity contribution in [3.05, 3.63) is 62.3 Å². The van der Waals surface area contributed by atoms with Crippen molar-refractivity contribution in [3.63, 3.8) is 0 Å². The Bertz CT molecular complexity index is 919. The van der Waals surface area contributed by atoms with Gasteiger partial charge in [-0.05, 0) is 12.1 Å². The van der Waals surface area contributed by atoms with E-state index in [1.54, 1.807) is 5.38 Å². The van der Waals surface area contributed by atoms with Crippen molar-refractivity contribution < 1.29 is 18.5 Å². The third-order valence-electron chi connectivity index (χ3n) is 2.96. The lowest BCUT2D eigenvalue weighted by Crippen LogP contribution is -2.15. The predicted molar refractivity (Wildman–Crippen MR) is 86.4 cm³/mol. The molecule has 2 heterocycles. The van der Waals surface area contributed by atoms with Gasteiger partial charge in [0.05, 0.1) is 20.9 Å². The van der Waals surface area contributed by atoms with Crippen LogP contribution in [-0.4, -0.2) is 15.8 Å². The van der Waals surface area contributed by atoms with Crippen molar-refractivity contribution in [2.75, 3.05) is 5.32 Å². The number of nitrogens with one attached hydrogen (secondary N) is 1. The molecule has 0 spiro atoms. The number of benzene rings is 1. The van der Waals surface area contributed by atoms with E-state index in [2.05, 4.69) is 10.3 Å². The summed E-state index contributed by atoms with van der Waals surface area (Å²) in [5.74, 6) is -2.90. The third kappa shape index (κ3) is 3.14. The highest BCUT2D eigenvalue weighted by Gasteiger charge is 2.19. The molecular weight excluding hydrogens is 360 g/mol. The zero-order valence-electron chi connectivity index (χ0n) is 11.7. The largest absolute Gasteiger partial charge is 0.298 e. The maximum atomic E-state index is 13.6. The molecule has 0 radical (unpaired) electrons. The van der Waals surface area contributed by atoms with Crippen molar-refractivity contribution in [1.82, 2.24) is 4.98 Å². The molecule has 122 valence electrons. The number of nitro groups is 1. The van der Waals surface area contributed by atoms with Crippen molar-refractivity contribution >= 4 is 39.4 Å². The molecule has 0 atom stereocenters. The van der Waals surface area contributed by atoms with Crippen LogP contribution in [0.5, 0.6) is 0 Å². The van der Waals surface area contributed by atoms with Crippen LogP contribution in [0.2, 0.25) is 0 Å². The summed E-state index contributed by atoms with van der Waals surface area (Å²) in [5, 5.41) is 16.1. The molecule has 0 fully saturated rings. The first-order valence-electron chi connectivity index (χ1n) is 6.40. The Kier molecular flexibility index (Phi) is 4.32. The topological polar surface area (TPSA) is 85.1 Å². The Labute approximate surface area is 141 Å². The van der Waals surface area contributed by atoms with Gasteiger partial charge in [-0.15, -0.1) is 22.7 Å². The van der Waals surface area contributed by atoms with E-state index in [4.69, 9.17) is 0 Å². The molecule has 0 unspecified atom stereocenters. The number of thiophene rings is 1. The maximum Gasteiger partial charge on any atom is 0.280 e. The van der Waals surface area contributed by atoms with Crippen LogP contribution in [0.25, 0.3) is 10.6 Å². The van der Waals surface area contributed by atoms with Crippen LogP contribution in [-0.2, 0) is 0 Å². The van der Waals surface area contributed by atoms with Crippen LogP contribution in [0, 0.1) is 21.7 Å². The van der Waals surface area contributed by atoms with E-state index < -0.39 is 28.0 Å². The summed E-state index contributed by atoms with van der Waals surface area (Å²) >= 11 is 2.18. The second-order valence-corrected chi connectivity index (χ2v) is 6.28. The second kappa shape index (κ2) is 6.42. The van der Waals surface area contributed by atoms with E-state index in [0.717, 1.165) is 40.9 Å². The van der Waals surface area contributed by atoms with Gasteiger partial charge in [0.2, 0.25) is 0 Å². The van der Waals surface area contributed by atoms with Crippen LogP contribution < -0.4 is 5.32 Å². The van der Waals surface area contributed by atoms with Crippen LogP contribution in [0.4, 0.5) is 19.6 Å². The highest BCUT2D eigenvalue weighted by Crippen LogP contribution is 2.33. The number of hydrogen-bond donors (Lipinski definition) is 1. The standard InChI is InChI=1S/C14H7F2N3O3S2/c15-8-2-1-3-9(16)12(8)13(20)18-14-17-10(6-24-14)11-4-7(5-23-11)19(21)22/h1-6H,(H,17,18,20). The predicted octanol–water partition coefficient (Wildman–Crippen LogP) is 4.31. The van der Waals surface area contributed by atoms with Crippen LogP contribution in [0.15, 0.2) is 35.0 Å². The van der Waals surface area contributed by atoms with Gasteiger partial charge < -0.3 is 0 Å². The average molecular weight is 367 g/mol. The van der Waals surface area contributed by atoms with Gasteiger partial charge in [-0.25, -0.2) is 13.8 Å². The molecule has 0 aliphatic rings. The van der Waals surface area contributed by atoms with Gasteiger partial charge in [0.1, 0.15) is 17.2 Å². The molecule has 3 aromatic rings. The molecule has 1 aromatic carbocycles. The smallest absolute Gasteiger partial charge is 0.280 e. The lowest BCUT2D eigenvalue weighted by Gasteiger charge is -2.04. The lowest BCUT2D eigenvalue weighted by molar-refractivity contribution is -0.384. The lowest BCUT2D eigenvalue weighted by atomic mass is 10.2. The summed E-state index contributed by atoms with van der Waals surface area (Å²) in [6.07, 6.45) is 0. The Morgan fingerprint density at radius 1 is 1.21 bits per heavy atom. The minimum Gasteiger partial charge on any atom is -0.298 e. The van der Waals surface area contributed by atoms with Gasteiger partial charge in [0, 0.05) is 11.4 Å². The summed E-state index contributed by atoms with van der Waals surface area (Å²) in [5.41, 5.74) is -0.314. The van der Waals surface area contributed by atoms with Crippen LogP contribution in [0.3, 0.4) is 0 Å². The molecule has 24 heavy (non-hydrogen) atoms. The molecule has 6 nitrogen and oxygen atoms in total. The number of aromatic nitrogens is 1. The third-order valence-corrected chi connectivity index (χ3v) is 4.66. The Morgan fingerprint density at radius 2 is 1.92 bits per heavy atom. The Hall–Kier alpha value is -2.72. The molecular formula is C14H7F2N3O3S2. The summed E-state index contributed by atoms with van der Waals surface area (Å²) in [7, 11) is 0. The molecule has 0 aliphatic carbocycles. The van der Waals surface area contributed by atoms with E-state index in [1.165, 1.54) is 11.4 Å². The maximum absolute atomic E-state index is 13.6. The minimum atomic E-state index is -0.974. The van der Waals surface area contributed by atoms with E-state index in [-0.39, 0.29) is 10.8 Å². The number of carbonyl (C=O) groups excluding carboxylic acids is 1. The molecule has 0 bridgehead atoms. The fraction of sp³-hybridized carbons (Fsp3) is 0. The second-order valence-electron chi connectivity index (χ2n) is 4.51. The van der Waals surface area contributed by atoms with E-state index in [1.807, 2.05) is 0 Å². The van der Waals surface area contributed by atoms with Crippen LogP contribution >= 0.6 is 22.7 Å². The number of amides is 1. The number of thiazole rings is 1. The van der Waals surface area contributed by atoms with Gasteiger partial charge in [-0.3, -0.25) is 20.2 Å². The van der Waals surface area contributed by atoms with Crippen molar-refractivity contribution in [3.8, 4) is 10.6 Å². The first kappa shape index (κ1) is 16.1. The van der Waals surface area contributed by atoms with Gasteiger partial charge in [-0.1, -0.05) is 6.07 Å². The Morgan fingerprint density at radius 3 is 2.54 bits per heavy atom. The zero-order valence-corrected chi connectivity index (χ0v) is 13.3. The monoisotopic (exact) mass is 367 g/mol. The highest BCUT2D eigenvalue weighted by molar-refractivity contribution is 7.16. The van der Waals surface area contributed by atoms with E-state index >= 15 is 0 Å². The van der Waals surface area contributed by atoms with Gasteiger partial charge in [-0.2, -0.15) is 0 Å². The normalized spacial score (nSPS) is 10.6. The zero-order chi connectivity index (χ0) is 17.3. The first-order chi connectivity index (χ1) is 11.5. The molecule has 1 N–H and O–H groups in total. The van der Waals surface area contributed by atoms with E-state index in [0.29, 0.717) is 10.6 Å². The Balaban J connectivity index is 1.81. The van der Waals surface area contributed by atoms with Crippen molar-refractivity contribution in [1.29, 1.82) is 0 Å². The first-order valence-corrected chi connectivity index (χ1v) is 8.16. The molecule has 2 aromatic heterocycles. The van der Waals surface area contributed by atoms with Crippen LogP contribution in [0.1, 0.15) is 10.4 Å². The van der Waals surface area contributed by atoms with E-state index in [9.17, 15) is 23.7 Å². The number of hydrogen-bond acceptors (Lipinski definition) is 6. The number of nitrogens with zero attached hydrogens (tertiary/aromatic N) is 2. The SMILES string of the molecule is O=C(Nc1nc(-c2cc([N+](=O)[O-])cs2)cs1)c1c(F)cccc1F. The number of halogens is 2. The van der Waals surface area contributed by atoms with Gasteiger partial charge in [0.25, 0.3) is 11.6 Å². The van der Waals surface area contributed by atoms with Crippen molar-refractivity contribution in [2.24, 2.45) is 0 Å². The summed E-state index contributed by atoms with van der Waals surface area (Å²) in [4.78, 5) is 26.8. The number of rotatable bonds is 4. The minimum absolute atomic E-state index is 0.0537.